The molecule has 0 aliphatic carbocycles. The highest BCUT2D eigenvalue weighted by atomic mass is 79.9. The number of nitrogens with zero attached hydrogens (tertiary/aromatic N) is 2. The van der Waals surface area contributed by atoms with Crippen LogP contribution in [0.3, 0.4) is 0 Å². The number of halogens is 1. The Kier molecular flexibility index (Phi) is 6.05. The molecule has 3 rings (SSSR count). The van der Waals surface area contributed by atoms with Crippen molar-refractivity contribution >= 4 is 27.6 Å². The minimum Gasteiger partial charge on any atom is -0.488 e. The van der Waals surface area contributed by atoms with E-state index in [0.717, 1.165) is 15.6 Å². The molecule has 0 aliphatic rings. The third-order valence-electron chi connectivity index (χ3n) is 3.95. The largest absolute Gasteiger partial charge is 0.488 e. The van der Waals surface area contributed by atoms with Crippen molar-refractivity contribution in [1.82, 2.24) is 0 Å². The van der Waals surface area contributed by atoms with E-state index < -0.39 is 0 Å². The maximum atomic E-state index is 9.58. The smallest absolute Gasteiger partial charge is 0.127 e. The van der Waals surface area contributed by atoms with Gasteiger partial charge in [-0.1, -0.05) is 58.4 Å². The Bertz CT molecular complexity index is 1060. The summed E-state index contributed by atoms with van der Waals surface area (Å²) in [4.78, 5) is 0. The molecular weight excluding hydrogens is 400 g/mol. The molecule has 0 aromatic heterocycles. The average molecular weight is 415 g/mol. The summed E-state index contributed by atoms with van der Waals surface area (Å²) in [5.41, 5.74) is 3.58. The zero-order chi connectivity index (χ0) is 19.1. The molecule has 130 valence electrons. The molecule has 0 spiro atoms. The molecule has 3 nitrogen and oxygen atoms in total. The standard InChI is InChI=1S/C23H15BrN2O/c24-22-10-8-17(9-11-22)16-27-23-7-2-1-5-20(23)13-21(15-26)19-6-3-4-18(12-19)14-25/h1-13H,16H2/b21-13-. The van der Waals surface area contributed by atoms with Crippen LogP contribution in [0.2, 0.25) is 0 Å². The zero-order valence-corrected chi connectivity index (χ0v) is 16.0. The predicted octanol–water partition coefficient (Wildman–Crippen LogP) is 5.96. The summed E-state index contributed by atoms with van der Waals surface area (Å²) in [5, 5.41) is 18.7. The Labute approximate surface area is 166 Å². The van der Waals surface area contributed by atoms with E-state index >= 15 is 0 Å². The van der Waals surface area contributed by atoms with Gasteiger partial charge in [0.15, 0.2) is 0 Å². The molecule has 4 heteroatoms. The second kappa shape index (κ2) is 8.85. The number of nitriles is 2. The molecule has 0 heterocycles. The molecule has 0 bridgehead atoms. The van der Waals surface area contributed by atoms with E-state index in [9.17, 15) is 5.26 Å². The molecule has 3 aromatic carbocycles. The molecule has 27 heavy (non-hydrogen) atoms. The fourth-order valence-electron chi connectivity index (χ4n) is 2.56. The van der Waals surface area contributed by atoms with Crippen LogP contribution < -0.4 is 4.74 Å². The van der Waals surface area contributed by atoms with Gasteiger partial charge in [0.25, 0.3) is 0 Å². The summed E-state index contributed by atoms with van der Waals surface area (Å²) in [7, 11) is 0. The van der Waals surface area contributed by atoms with Gasteiger partial charge in [-0.15, -0.1) is 0 Å². The van der Waals surface area contributed by atoms with Crippen LogP contribution in [0.1, 0.15) is 22.3 Å². The van der Waals surface area contributed by atoms with Crippen molar-refractivity contribution in [2.45, 2.75) is 6.61 Å². The van der Waals surface area contributed by atoms with Crippen molar-refractivity contribution in [2.75, 3.05) is 0 Å². The second-order valence-corrected chi connectivity index (χ2v) is 6.73. The summed E-state index contributed by atoms with van der Waals surface area (Å²) in [5.74, 6) is 0.699. The number of rotatable bonds is 5. The van der Waals surface area contributed by atoms with E-state index in [1.807, 2.05) is 54.6 Å². The van der Waals surface area contributed by atoms with Gasteiger partial charge in [-0.2, -0.15) is 10.5 Å². The van der Waals surface area contributed by atoms with Crippen LogP contribution >= 0.6 is 15.9 Å². The van der Waals surface area contributed by atoms with Crippen LogP contribution in [-0.4, -0.2) is 0 Å². The lowest BCUT2D eigenvalue weighted by molar-refractivity contribution is 0.305. The van der Waals surface area contributed by atoms with Gasteiger partial charge in [0.1, 0.15) is 12.4 Å². The predicted molar refractivity (Wildman–Crippen MR) is 110 cm³/mol. The fraction of sp³-hybridized carbons (Fsp3) is 0.0435. The molecular formula is C23H15BrN2O. The molecule has 0 saturated heterocycles. The summed E-state index contributed by atoms with van der Waals surface area (Å²) in [6, 6.07) is 26.9. The van der Waals surface area contributed by atoms with E-state index in [2.05, 4.69) is 28.1 Å². The third-order valence-corrected chi connectivity index (χ3v) is 4.48. The highest BCUT2D eigenvalue weighted by Gasteiger charge is 2.06. The molecule has 0 N–H and O–H groups in total. The van der Waals surface area contributed by atoms with Crippen LogP contribution in [0.5, 0.6) is 5.75 Å². The van der Waals surface area contributed by atoms with Gasteiger partial charge < -0.3 is 4.74 Å². The topological polar surface area (TPSA) is 56.8 Å². The van der Waals surface area contributed by atoms with E-state index in [0.29, 0.717) is 29.1 Å². The van der Waals surface area contributed by atoms with Crippen molar-refractivity contribution in [1.29, 1.82) is 10.5 Å². The first-order valence-corrected chi connectivity index (χ1v) is 9.07. The summed E-state index contributed by atoms with van der Waals surface area (Å²) in [6.45, 7) is 0.434. The van der Waals surface area contributed by atoms with Gasteiger partial charge in [0.2, 0.25) is 0 Å². The van der Waals surface area contributed by atoms with E-state index in [4.69, 9.17) is 10.00 Å². The first kappa shape index (κ1) is 18.5. The normalized spacial score (nSPS) is 10.7. The number of hydrogen-bond donors (Lipinski definition) is 0. The molecule has 0 unspecified atom stereocenters. The van der Waals surface area contributed by atoms with E-state index in [1.54, 1.807) is 24.3 Å². The Morgan fingerprint density at radius 2 is 1.74 bits per heavy atom. The van der Waals surface area contributed by atoms with Gasteiger partial charge in [-0.25, -0.2) is 0 Å². The van der Waals surface area contributed by atoms with Crippen molar-refractivity contribution in [2.24, 2.45) is 0 Å². The number of ether oxygens (including phenoxy) is 1. The zero-order valence-electron chi connectivity index (χ0n) is 14.4. The Morgan fingerprint density at radius 3 is 2.48 bits per heavy atom. The van der Waals surface area contributed by atoms with Gasteiger partial charge in [-0.3, -0.25) is 0 Å². The van der Waals surface area contributed by atoms with Crippen molar-refractivity contribution < 1.29 is 4.74 Å². The SMILES string of the molecule is N#C/C(=C/c1ccccc1OCc1ccc(Br)cc1)c1cccc(C#N)c1. The lowest BCUT2D eigenvalue weighted by Crippen LogP contribution is -1.97. The van der Waals surface area contributed by atoms with Crippen molar-refractivity contribution in [3.63, 3.8) is 0 Å². The molecule has 0 radical (unpaired) electrons. The molecule has 0 saturated carbocycles. The van der Waals surface area contributed by atoms with Gasteiger partial charge in [0, 0.05) is 10.0 Å². The Hall–Kier alpha value is -3.34. The minimum absolute atomic E-state index is 0.434. The number of para-hydroxylation sites is 1. The first-order valence-electron chi connectivity index (χ1n) is 8.28. The fourth-order valence-corrected chi connectivity index (χ4v) is 2.83. The molecule has 0 amide bonds. The van der Waals surface area contributed by atoms with Gasteiger partial charge in [0.05, 0.1) is 23.3 Å². The summed E-state index contributed by atoms with van der Waals surface area (Å²) >= 11 is 3.42. The van der Waals surface area contributed by atoms with E-state index in [-0.39, 0.29) is 0 Å². The number of allylic oxidation sites excluding steroid dienone is 1. The molecule has 0 atom stereocenters. The molecule has 0 fully saturated rings. The third kappa shape index (κ3) is 4.85. The van der Waals surface area contributed by atoms with Crippen LogP contribution in [-0.2, 0) is 6.61 Å². The van der Waals surface area contributed by atoms with Gasteiger partial charge >= 0.3 is 0 Å². The summed E-state index contributed by atoms with van der Waals surface area (Å²) < 4.78 is 6.99. The van der Waals surface area contributed by atoms with Crippen molar-refractivity contribution in [3.8, 4) is 17.9 Å². The van der Waals surface area contributed by atoms with Gasteiger partial charge in [-0.05, 0) is 47.5 Å². The van der Waals surface area contributed by atoms with Crippen LogP contribution in [0, 0.1) is 22.7 Å². The Balaban J connectivity index is 1.87. The van der Waals surface area contributed by atoms with Crippen LogP contribution in [0.25, 0.3) is 11.6 Å². The highest BCUT2D eigenvalue weighted by molar-refractivity contribution is 9.10. The first-order chi connectivity index (χ1) is 13.2. The average Bonchev–Trinajstić information content (AvgIpc) is 2.72. The summed E-state index contributed by atoms with van der Waals surface area (Å²) in [6.07, 6.45) is 1.79. The van der Waals surface area contributed by atoms with Crippen LogP contribution in [0.4, 0.5) is 0 Å². The van der Waals surface area contributed by atoms with Crippen LogP contribution in [0.15, 0.2) is 77.3 Å². The lowest BCUT2D eigenvalue weighted by Gasteiger charge is -2.10. The lowest BCUT2D eigenvalue weighted by atomic mass is 10.0. The maximum Gasteiger partial charge on any atom is 0.127 e. The van der Waals surface area contributed by atoms with Crippen molar-refractivity contribution in [3.05, 3.63) is 99.5 Å². The number of benzene rings is 3. The Morgan fingerprint density at radius 1 is 0.963 bits per heavy atom. The monoisotopic (exact) mass is 414 g/mol. The number of hydrogen-bond acceptors (Lipinski definition) is 3. The molecule has 0 aliphatic heterocycles. The van der Waals surface area contributed by atoms with E-state index in [1.165, 1.54) is 0 Å². The minimum atomic E-state index is 0.434. The maximum absolute atomic E-state index is 9.58. The quantitative estimate of drug-likeness (QED) is 0.381. The second-order valence-electron chi connectivity index (χ2n) is 5.82. The molecule has 3 aromatic rings. The highest BCUT2D eigenvalue weighted by Crippen LogP contribution is 2.26.